The van der Waals surface area contributed by atoms with Gasteiger partial charge in [-0.15, -0.1) is 10.2 Å². The molecule has 0 aliphatic carbocycles. The maximum Gasteiger partial charge on any atom is 0.237 e. The van der Waals surface area contributed by atoms with Crippen molar-refractivity contribution in [2.75, 3.05) is 10.6 Å². The number of carbonyl (C=O) groups excluding carboxylic acids is 2. The van der Waals surface area contributed by atoms with Gasteiger partial charge in [0.15, 0.2) is 10.1 Å². The molecule has 2 N–H and O–H groups in total. The monoisotopic (exact) mass is 412 g/mol. The highest BCUT2D eigenvalue weighted by molar-refractivity contribution is 8.02. The topological polar surface area (TPSA) is 84.0 Å². The molecule has 0 radical (unpaired) electrons. The van der Waals surface area contributed by atoms with Gasteiger partial charge in [0.1, 0.15) is 0 Å². The van der Waals surface area contributed by atoms with Crippen LogP contribution in [0.5, 0.6) is 0 Å². The normalized spacial score (nSPS) is 11.6. The molecule has 28 heavy (non-hydrogen) atoms. The molecule has 0 saturated carbocycles. The number of benzene rings is 2. The number of ketones is 1. The lowest BCUT2D eigenvalue weighted by atomic mass is 10.1. The number of nitrogens with zero attached hydrogens (tertiary/aromatic N) is 2. The maximum absolute atomic E-state index is 12.4. The Bertz CT molecular complexity index is 960. The van der Waals surface area contributed by atoms with E-state index in [2.05, 4.69) is 20.8 Å². The van der Waals surface area contributed by atoms with Gasteiger partial charge >= 0.3 is 0 Å². The third-order valence-electron chi connectivity index (χ3n) is 3.88. The number of thioether (sulfide) groups is 1. The number of anilines is 2. The zero-order valence-corrected chi connectivity index (χ0v) is 17.1. The van der Waals surface area contributed by atoms with E-state index >= 15 is 0 Å². The zero-order chi connectivity index (χ0) is 19.9. The average Bonchev–Trinajstić information content (AvgIpc) is 3.14. The minimum Gasteiger partial charge on any atom is -0.356 e. The largest absolute Gasteiger partial charge is 0.356 e. The second kappa shape index (κ2) is 9.48. The van der Waals surface area contributed by atoms with Crippen molar-refractivity contribution in [1.82, 2.24) is 10.2 Å². The number of carbonyl (C=O) groups is 2. The smallest absolute Gasteiger partial charge is 0.237 e. The Morgan fingerprint density at radius 3 is 2.64 bits per heavy atom. The van der Waals surface area contributed by atoms with E-state index in [1.807, 2.05) is 37.3 Å². The third-order valence-corrected chi connectivity index (χ3v) is 5.94. The minimum atomic E-state index is -0.351. The summed E-state index contributed by atoms with van der Waals surface area (Å²) in [4.78, 5) is 23.9. The quantitative estimate of drug-likeness (QED) is 0.419. The van der Waals surface area contributed by atoms with Crippen molar-refractivity contribution in [3.8, 4) is 0 Å². The fourth-order valence-corrected chi connectivity index (χ4v) is 4.26. The first-order chi connectivity index (χ1) is 13.5. The van der Waals surface area contributed by atoms with E-state index in [9.17, 15) is 9.59 Å². The van der Waals surface area contributed by atoms with Crippen molar-refractivity contribution < 1.29 is 9.59 Å². The molecule has 0 aliphatic rings. The summed E-state index contributed by atoms with van der Waals surface area (Å²) in [5.41, 5.74) is 2.33. The molecule has 8 heteroatoms. The molecule has 0 fully saturated rings. The van der Waals surface area contributed by atoms with Gasteiger partial charge in [0, 0.05) is 17.8 Å². The molecule has 1 unspecified atom stereocenters. The van der Waals surface area contributed by atoms with E-state index in [1.165, 1.54) is 30.0 Å². The van der Waals surface area contributed by atoms with Crippen LogP contribution in [-0.2, 0) is 11.3 Å². The predicted octanol–water partition coefficient (Wildman–Crippen LogP) is 4.47. The van der Waals surface area contributed by atoms with Gasteiger partial charge < -0.3 is 10.6 Å². The van der Waals surface area contributed by atoms with Crippen LogP contribution >= 0.6 is 23.1 Å². The van der Waals surface area contributed by atoms with Crippen molar-refractivity contribution in [2.45, 2.75) is 30.0 Å². The molecular weight excluding hydrogens is 392 g/mol. The van der Waals surface area contributed by atoms with Gasteiger partial charge in [0.25, 0.3) is 0 Å². The van der Waals surface area contributed by atoms with Gasteiger partial charge in [-0.05, 0) is 31.5 Å². The SMILES string of the molecule is CC(=O)c1cccc(NC(=O)C(C)Sc2nnc(NCc3ccccc3)s2)c1. The fraction of sp³-hybridized carbons (Fsp3) is 0.200. The Balaban J connectivity index is 1.53. The Kier molecular flexibility index (Phi) is 6.78. The number of hydrogen-bond donors (Lipinski definition) is 2. The molecule has 0 bridgehead atoms. The van der Waals surface area contributed by atoms with E-state index < -0.39 is 0 Å². The van der Waals surface area contributed by atoms with Crippen LogP contribution in [0.4, 0.5) is 10.8 Å². The fourth-order valence-electron chi connectivity index (χ4n) is 2.37. The summed E-state index contributed by atoms with van der Waals surface area (Å²) in [5, 5.41) is 14.7. The minimum absolute atomic E-state index is 0.0390. The predicted molar refractivity (Wildman–Crippen MR) is 114 cm³/mol. The lowest BCUT2D eigenvalue weighted by Crippen LogP contribution is -2.22. The molecule has 1 atom stereocenters. The molecule has 144 valence electrons. The number of Topliss-reactive ketones (excluding diaryl/α,β-unsaturated/α-hetero) is 1. The molecule has 0 aliphatic heterocycles. The van der Waals surface area contributed by atoms with E-state index in [1.54, 1.807) is 24.3 Å². The van der Waals surface area contributed by atoms with Crippen LogP contribution in [0.1, 0.15) is 29.8 Å². The first-order valence-corrected chi connectivity index (χ1v) is 10.4. The van der Waals surface area contributed by atoms with E-state index in [0.29, 0.717) is 22.9 Å². The second-order valence-electron chi connectivity index (χ2n) is 6.10. The molecule has 0 saturated heterocycles. The standard InChI is InChI=1S/C20H20N4O2S2/c1-13(25)16-9-6-10-17(11-16)22-18(26)14(2)27-20-24-23-19(28-20)21-12-15-7-4-3-5-8-15/h3-11,14H,12H2,1-2H3,(H,21,23)(H,22,26). The average molecular weight is 413 g/mol. The lowest BCUT2D eigenvalue weighted by Gasteiger charge is -2.10. The second-order valence-corrected chi connectivity index (χ2v) is 8.66. The Hall–Kier alpha value is -2.71. The van der Waals surface area contributed by atoms with Gasteiger partial charge in [-0.1, -0.05) is 65.6 Å². The Morgan fingerprint density at radius 1 is 1.11 bits per heavy atom. The van der Waals surface area contributed by atoms with Crippen LogP contribution < -0.4 is 10.6 Å². The first kappa shape index (κ1) is 20.0. The van der Waals surface area contributed by atoms with Crippen LogP contribution in [0.2, 0.25) is 0 Å². The van der Waals surface area contributed by atoms with Crippen LogP contribution in [0.15, 0.2) is 58.9 Å². The number of amides is 1. The Morgan fingerprint density at radius 2 is 1.89 bits per heavy atom. The van der Waals surface area contributed by atoms with Gasteiger partial charge in [-0.2, -0.15) is 0 Å². The van der Waals surface area contributed by atoms with Crippen molar-refractivity contribution in [1.29, 1.82) is 0 Å². The number of nitrogens with one attached hydrogen (secondary N) is 2. The first-order valence-electron chi connectivity index (χ1n) is 8.71. The lowest BCUT2D eigenvalue weighted by molar-refractivity contribution is -0.115. The summed E-state index contributed by atoms with van der Waals surface area (Å²) >= 11 is 2.77. The third kappa shape index (κ3) is 5.64. The Labute approximate surface area is 171 Å². The molecule has 6 nitrogen and oxygen atoms in total. The zero-order valence-electron chi connectivity index (χ0n) is 15.5. The highest BCUT2D eigenvalue weighted by atomic mass is 32.2. The molecular formula is C20H20N4O2S2. The van der Waals surface area contributed by atoms with Crippen LogP contribution in [-0.4, -0.2) is 27.1 Å². The van der Waals surface area contributed by atoms with Gasteiger partial charge in [0.2, 0.25) is 11.0 Å². The van der Waals surface area contributed by atoms with Crippen molar-refractivity contribution in [2.24, 2.45) is 0 Å². The van der Waals surface area contributed by atoms with Crippen LogP contribution in [0, 0.1) is 0 Å². The van der Waals surface area contributed by atoms with Gasteiger partial charge in [-0.25, -0.2) is 0 Å². The maximum atomic E-state index is 12.4. The number of aromatic nitrogens is 2. The summed E-state index contributed by atoms with van der Waals surface area (Å²) in [6, 6.07) is 16.9. The number of rotatable bonds is 8. The van der Waals surface area contributed by atoms with Crippen LogP contribution in [0.3, 0.4) is 0 Å². The summed E-state index contributed by atoms with van der Waals surface area (Å²) in [6.45, 7) is 3.98. The molecule has 1 aromatic heterocycles. The molecule has 1 amide bonds. The van der Waals surface area contributed by atoms with Gasteiger partial charge in [0.05, 0.1) is 5.25 Å². The molecule has 1 heterocycles. The molecule has 3 rings (SSSR count). The summed E-state index contributed by atoms with van der Waals surface area (Å²) in [5.74, 6) is -0.192. The highest BCUT2D eigenvalue weighted by Gasteiger charge is 2.17. The van der Waals surface area contributed by atoms with Crippen molar-refractivity contribution in [3.63, 3.8) is 0 Å². The summed E-state index contributed by atoms with van der Waals surface area (Å²) in [6.07, 6.45) is 0. The molecule has 3 aromatic rings. The number of hydrogen-bond acceptors (Lipinski definition) is 7. The van der Waals surface area contributed by atoms with E-state index in [4.69, 9.17) is 0 Å². The van der Waals surface area contributed by atoms with E-state index in [-0.39, 0.29) is 16.9 Å². The molecule has 2 aromatic carbocycles. The highest BCUT2D eigenvalue weighted by Crippen LogP contribution is 2.29. The molecule has 0 spiro atoms. The van der Waals surface area contributed by atoms with Gasteiger partial charge in [-0.3, -0.25) is 9.59 Å². The van der Waals surface area contributed by atoms with E-state index in [0.717, 1.165) is 9.90 Å². The van der Waals surface area contributed by atoms with Crippen molar-refractivity contribution in [3.05, 3.63) is 65.7 Å². The van der Waals surface area contributed by atoms with Crippen molar-refractivity contribution >= 4 is 45.6 Å². The van der Waals surface area contributed by atoms with Crippen LogP contribution in [0.25, 0.3) is 0 Å². The summed E-state index contributed by atoms with van der Waals surface area (Å²) in [7, 11) is 0. The summed E-state index contributed by atoms with van der Waals surface area (Å²) < 4.78 is 0.718.